The van der Waals surface area contributed by atoms with Crippen LogP contribution in [-0.4, -0.2) is 44.4 Å². The molecule has 29 heavy (non-hydrogen) atoms. The number of hydrogen-bond acceptors (Lipinski definition) is 8. The smallest absolute Gasteiger partial charge is 0.341 e. The van der Waals surface area contributed by atoms with E-state index in [0.717, 1.165) is 11.3 Å². The van der Waals surface area contributed by atoms with Crippen molar-refractivity contribution < 1.29 is 28.7 Å². The maximum Gasteiger partial charge on any atom is 0.341 e. The van der Waals surface area contributed by atoms with E-state index in [9.17, 15) is 14.4 Å². The first kappa shape index (κ1) is 22.1. The zero-order chi connectivity index (χ0) is 21.2. The lowest BCUT2D eigenvalue weighted by Crippen LogP contribution is -2.18. The normalized spacial score (nSPS) is 10.6. The largest absolute Gasteiger partial charge is 0.465 e. The minimum absolute atomic E-state index is 0.252. The number of carbonyl (C=O) groups is 3. The molecule has 0 aliphatic rings. The third kappa shape index (κ3) is 6.42. The van der Waals surface area contributed by atoms with Gasteiger partial charge >= 0.3 is 11.9 Å². The molecule has 2 rings (SSSR count). The van der Waals surface area contributed by atoms with Crippen LogP contribution < -0.4 is 5.32 Å². The second kappa shape index (κ2) is 11.0. The highest BCUT2D eigenvalue weighted by Crippen LogP contribution is 2.29. The van der Waals surface area contributed by atoms with E-state index in [4.69, 9.17) is 9.57 Å². The summed E-state index contributed by atoms with van der Waals surface area (Å²) in [5.41, 5.74) is 1.44. The predicted octanol–water partition coefficient (Wildman–Crippen LogP) is 3.26. The van der Waals surface area contributed by atoms with Crippen LogP contribution in [0.2, 0.25) is 0 Å². The summed E-state index contributed by atoms with van der Waals surface area (Å²) in [4.78, 5) is 41.5. The van der Waals surface area contributed by atoms with E-state index < -0.39 is 17.8 Å². The number of carbonyl (C=O) groups excluding carboxylic acids is 3. The Kier molecular flexibility index (Phi) is 8.35. The van der Waals surface area contributed by atoms with Gasteiger partial charge in [-0.15, -0.1) is 11.3 Å². The maximum absolute atomic E-state index is 12.1. The standard InChI is InChI=1S/C20H22N2O6S/c1-4-15-10-16(20(25)27-5-2)18(29-15)22-17(23)12-28-21-11-13-6-8-14(9-7-13)19(24)26-3/h6-11H,4-5,12H2,1-3H3,(H,22,23)/b21-11+. The van der Waals surface area contributed by atoms with Crippen LogP contribution in [0.4, 0.5) is 5.00 Å². The van der Waals surface area contributed by atoms with Gasteiger partial charge in [-0.2, -0.15) is 0 Å². The van der Waals surface area contributed by atoms with Crippen LogP contribution in [0, 0.1) is 0 Å². The summed E-state index contributed by atoms with van der Waals surface area (Å²) in [6, 6.07) is 8.25. The summed E-state index contributed by atoms with van der Waals surface area (Å²) in [6.07, 6.45) is 2.15. The molecule has 2 aromatic rings. The second-order valence-corrected chi connectivity index (χ2v) is 6.84. The van der Waals surface area contributed by atoms with Crippen LogP contribution in [0.5, 0.6) is 0 Å². The Labute approximate surface area is 172 Å². The van der Waals surface area contributed by atoms with Crippen molar-refractivity contribution in [2.45, 2.75) is 20.3 Å². The molecule has 1 heterocycles. The van der Waals surface area contributed by atoms with Crippen LogP contribution >= 0.6 is 11.3 Å². The predicted molar refractivity (Wildman–Crippen MR) is 110 cm³/mol. The van der Waals surface area contributed by atoms with E-state index in [1.165, 1.54) is 24.7 Å². The zero-order valence-corrected chi connectivity index (χ0v) is 17.2. The van der Waals surface area contributed by atoms with Gasteiger partial charge < -0.3 is 19.6 Å². The topological polar surface area (TPSA) is 103 Å². The average Bonchev–Trinajstić information content (AvgIpc) is 3.14. The number of thiophene rings is 1. The van der Waals surface area contributed by atoms with Crippen molar-refractivity contribution in [1.82, 2.24) is 0 Å². The molecule has 0 saturated carbocycles. The van der Waals surface area contributed by atoms with Gasteiger partial charge in [0.15, 0.2) is 6.61 Å². The second-order valence-electron chi connectivity index (χ2n) is 5.70. The van der Waals surface area contributed by atoms with Crippen LogP contribution in [0.1, 0.15) is 45.0 Å². The number of oxime groups is 1. The molecule has 1 aromatic heterocycles. The molecule has 154 valence electrons. The molecule has 8 nitrogen and oxygen atoms in total. The maximum atomic E-state index is 12.1. The Morgan fingerprint density at radius 1 is 1.14 bits per heavy atom. The number of esters is 2. The molecule has 0 bridgehead atoms. The van der Waals surface area contributed by atoms with Crippen molar-refractivity contribution in [2.75, 3.05) is 25.6 Å². The van der Waals surface area contributed by atoms with Gasteiger partial charge in [0.25, 0.3) is 5.91 Å². The number of rotatable bonds is 9. The van der Waals surface area contributed by atoms with Crippen molar-refractivity contribution in [3.8, 4) is 0 Å². The summed E-state index contributed by atoms with van der Waals surface area (Å²) in [5.74, 6) is -1.35. The molecule has 0 saturated heterocycles. The third-order valence-electron chi connectivity index (χ3n) is 3.68. The fourth-order valence-electron chi connectivity index (χ4n) is 2.25. The third-order valence-corrected chi connectivity index (χ3v) is 4.88. The zero-order valence-electron chi connectivity index (χ0n) is 16.4. The Balaban J connectivity index is 1.90. The van der Waals surface area contributed by atoms with E-state index in [1.54, 1.807) is 37.3 Å². The van der Waals surface area contributed by atoms with Gasteiger partial charge in [0.2, 0.25) is 0 Å². The Bertz CT molecular complexity index is 889. The molecular formula is C20H22N2O6S. The molecule has 0 atom stereocenters. The monoisotopic (exact) mass is 418 g/mol. The van der Waals surface area contributed by atoms with Gasteiger partial charge in [-0.25, -0.2) is 9.59 Å². The van der Waals surface area contributed by atoms with Crippen molar-refractivity contribution in [3.63, 3.8) is 0 Å². The average molecular weight is 418 g/mol. The Morgan fingerprint density at radius 3 is 2.48 bits per heavy atom. The van der Waals surface area contributed by atoms with E-state index >= 15 is 0 Å². The lowest BCUT2D eigenvalue weighted by Gasteiger charge is -2.05. The molecular weight excluding hydrogens is 396 g/mol. The Morgan fingerprint density at radius 2 is 1.86 bits per heavy atom. The molecule has 0 spiro atoms. The minimum atomic E-state index is -0.479. The number of nitrogens with one attached hydrogen (secondary N) is 1. The SMILES string of the molecule is CCOC(=O)c1cc(CC)sc1NC(=O)CO/N=C/c1ccc(C(=O)OC)cc1. The van der Waals surface area contributed by atoms with E-state index in [2.05, 4.69) is 15.2 Å². The first-order valence-electron chi connectivity index (χ1n) is 8.91. The number of nitrogens with zero attached hydrogens (tertiary/aromatic N) is 1. The quantitative estimate of drug-likeness (QED) is 0.381. The van der Waals surface area contributed by atoms with Crippen LogP contribution in [0.25, 0.3) is 0 Å². The number of benzene rings is 1. The lowest BCUT2D eigenvalue weighted by atomic mass is 10.1. The van der Waals surface area contributed by atoms with Gasteiger partial charge in [-0.1, -0.05) is 24.2 Å². The van der Waals surface area contributed by atoms with Gasteiger partial charge in [0.1, 0.15) is 5.00 Å². The van der Waals surface area contributed by atoms with E-state index in [1.807, 2.05) is 6.92 Å². The van der Waals surface area contributed by atoms with Crippen molar-refractivity contribution in [3.05, 3.63) is 51.9 Å². The summed E-state index contributed by atoms with van der Waals surface area (Å²) in [5, 5.41) is 6.82. The first-order chi connectivity index (χ1) is 14.0. The van der Waals surface area contributed by atoms with Crippen LogP contribution in [0.15, 0.2) is 35.5 Å². The summed E-state index contributed by atoms with van der Waals surface area (Å²) < 4.78 is 9.64. The molecule has 9 heteroatoms. The summed E-state index contributed by atoms with van der Waals surface area (Å²) >= 11 is 1.32. The van der Waals surface area contributed by atoms with Gasteiger partial charge in [-0.05, 0) is 37.1 Å². The number of methoxy groups -OCH3 is 1. The van der Waals surface area contributed by atoms with Crippen molar-refractivity contribution in [1.29, 1.82) is 0 Å². The molecule has 0 aliphatic carbocycles. The first-order valence-corrected chi connectivity index (χ1v) is 9.73. The van der Waals surface area contributed by atoms with Gasteiger partial charge in [0, 0.05) is 4.88 Å². The number of aryl methyl sites for hydroxylation is 1. The van der Waals surface area contributed by atoms with Crippen molar-refractivity contribution >= 4 is 40.4 Å². The molecule has 1 amide bonds. The highest BCUT2D eigenvalue weighted by Gasteiger charge is 2.18. The molecule has 0 unspecified atom stereocenters. The highest BCUT2D eigenvalue weighted by molar-refractivity contribution is 7.16. The number of ether oxygens (including phenoxy) is 2. The molecule has 0 radical (unpaired) electrons. The molecule has 1 N–H and O–H groups in total. The number of anilines is 1. The highest BCUT2D eigenvalue weighted by atomic mass is 32.1. The van der Waals surface area contributed by atoms with Gasteiger partial charge in [0.05, 0.1) is 31.1 Å². The molecule has 0 fully saturated rings. The van der Waals surface area contributed by atoms with E-state index in [0.29, 0.717) is 21.7 Å². The minimum Gasteiger partial charge on any atom is -0.465 e. The number of hydrogen-bond donors (Lipinski definition) is 1. The van der Waals surface area contributed by atoms with Crippen LogP contribution in [-0.2, 0) is 25.5 Å². The Hall–Kier alpha value is -3.20. The van der Waals surface area contributed by atoms with Gasteiger partial charge in [-0.3, -0.25) is 4.79 Å². The summed E-state index contributed by atoms with van der Waals surface area (Å²) in [6.45, 7) is 3.61. The van der Waals surface area contributed by atoms with Crippen LogP contribution in [0.3, 0.4) is 0 Å². The summed E-state index contributed by atoms with van der Waals surface area (Å²) in [7, 11) is 1.31. The molecule has 0 aliphatic heterocycles. The number of amides is 1. The molecule has 1 aromatic carbocycles. The van der Waals surface area contributed by atoms with E-state index in [-0.39, 0.29) is 13.2 Å². The fraction of sp³-hybridized carbons (Fsp3) is 0.300. The fourth-order valence-corrected chi connectivity index (χ4v) is 3.25. The van der Waals surface area contributed by atoms with Crippen molar-refractivity contribution in [2.24, 2.45) is 5.16 Å². The lowest BCUT2D eigenvalue weighted by molar-refractivity contribution is -0.120.